The van der Waals surface area contributed by atoms with Crippen LogP contribution in [0.2, 0.25) is 0 Å². The summed E-state index contributed by atoms with van der Waals surface area (Å²) in [5, 5.41) is 2.92. The number of aryl methyl sites for hydroxylation is 2. The van der Waals surface area contributed by atoms with E-state index in [1.807, 2.05) is 0 Å². The molecule has 2 aromatic rings. The second-order valence-electron chi connectivity index (χ2n) is 6.67. The minimum absolute atomic E-state index is 0.151. The highest BCUT2D eigenvalue weighted by Crippen LogP contribution is 2.18. The summed E-state index contributed by atoms with van der Waals surface area (Å²) >= 11 is 0. The van der Waals surface area contributed by atoms with E-state index in [-0.39, 0.29) is 5.91 Å². The lowest BCUT2D eigenvalue weighted by molar-refractivity contribution is -0.127. The monoisotopic (exact) mass is 357 g/mol. The lowest BCUT2D eigenvalue weighted by atomic mass is 9.96. The highest BCUT2D eigenvalue weighted by Gasteiger charge is 2.29. The summed E-state index contributed by atoms with van der Waals surface area (Å²) in [6.45, 7) is 1.61. The Kier molecular flexibility index (Phi) is 5.20. The summed E-state index contributed by atoms with van der Waals surface area (Å²) < 4.78 is 3.33. The molecule has 1 saturated heterocycles. The van der Waals surface area contributed by atoms with Gasteiger partial charge in [0, 0.05) is 39.9 Å². The Morgan fingerprint density at radius 3 is 2.46 bits per heavy atom. The van der Waals surface area contributed by atoms with Gasteiger partial charge in [-0.05, 0) is 30.9 Å². The van der Waals surface area contributed by atoms with Gasteiger partial charge in [0.25, 0.3) is 17.6 Å². The van der Waals surface area contributed by atoms with Crippen molar-refractivity contribution >= 4 is 17.6 Å². The van der Waals surface area contributed by atoms with E-state index in [0.717, 1.165) is 12.8 Å². The maximum absolute atomic E-state index is 12.4. The maximum Gasteiger partial charge on any atom is 0.296 e. The third kappa shape index (κ3) is 3.68. The van der Waals surface area contributed by atoms with Crippen LogP contribution in [-0.2, 0) is 18.9 Å². The molecule has 3 heterocycles. The van der Waals surface area contributed by atoms with E-state index < -0.39 is 11.7 Å². The third-order valence-corrected chi connectivity index (χ3v) is 4.87. The van der Waals surface area contributed by atoms with Crippen molar-refractivity contribution < 1.29 is 14.4 Å². The SMILES string of the molecule is Cn1cncc1C(=O)NCC1CCN(C(=O)C(=O)c2cccn2C)CC1. The number of carbonyl (C=O) groups excluding carboxylic acids is 3. The van der Waals surface area contributed by atoms with Gasteiger partial charge < -0.3 is 19.4 Å². The quantitative estimate of drug-likeness (QED) is 0.627. The van der Waals surface area contributed by atoms with Crippen LogP contribution in [0.5, 0.6) is 0 Å². The summed E-state index contributed by atoms with van der Waals surface area (Å²) in [5.41, 5.74) is 0.923. The Morgan fingerprint density at radius 2 is 1.88 bits per heavy atom. The number of piperidine rings is 1. The first kappa shape index (κ1) is 17.9. The maximum atomic E-state index is 12.4. The number of ketones is 1. The smallest absolute Gasteiger partial charge is 0.296 e. The minimum Gasteiger partial charge on any atom is -0.350 e. The molecule has 1 fully saturated rings. The minimum atomic E-state index is -0.472. The van der Waals surface area contributed by atoms with Gasteiger partial charge >= 0.3 is 0 Å². The molecule has 0 bridgehead atoms. The van der Waals surface area contributed by atoms with Crippen LogP contribution in [0.25, 0.3) is 0 Å². The molecule has 1 N–H and O–H groups in total. The van der Waals surface area contributed by atoms with Crippen LogP contribution >= 0.6 is 0 Å². The summed E-state index contributed by atoms with van der Waals surface area (Å²) in [6.07, 6.45) is 6.39. The Balaban J connectivity index is 1.47. The molecule has 0 atom stereocenters. The number of rotatable bonds is 5. The second kappa shape index (κ2) is 7.55. The lowest BCUT2D eigenvalue weighted by Crippen LogP contribution is -2.44. The van der Waals surface area contributed by atoms with E-state index in [0.29, 0.717) is 36.9 Å². The molecular formula is C18H23N5O3. The molecule has 0 aromatic carbocycles. The number of nitrogens with one attached hydrogen (secondary N) is 1. The van der Waals surface area contributed by atoms with Gasteiger partial charge in [-0.3, -0.25) is 14.4 Å². The van der Waals surface area contributed by atoms with Crippen molar-refractivity contribution in [3.63, 3.8) is 0 Å². The third-order valence-electron chi connectivity index (χ3n) is 4.87. The first-order chi connectivity index (χ1) is 12.5. The number of likely N-dealkylation sites (tertiary alicyclic amines) is 1. The molecule has 8 heteroatoms. The molecule has 1 aliphatic heterocycles. The van der Waals surface area contributed by atoms with E-state index in [9.17, 15) is 14.4 Å². The number of carbonyl (C=O) groups is 3. The van der Waals surface area contributed by atoms with E-state index in [4.69, 9.17) is 0 Å². The van der Waals surface area contributed by atoms with Gasteiger partial charge in [-0.25, -0.2) is 4.98 Å². The normalized spacial score (nSPS) is 15.1. The van der Waals surface area contributed by atoms with Crippen molar-refractivity contribution in [2.24, 2.45) is 20.0 Å². The zero-order valence-electron chi connectivity index (χ0n) is 15.0. The van der Waals surface area contributed by atoms with Gasteiger partial charge in [-0.2, -0.15) is 0 Å². The molecule has 8 nitrogen and oxygen atoms in total. The van der Waals surface area contributed by atoms with Crippen molar-refractivity contribution in [3.05, 3.63) is 42.2 Å². The van der Waals surface area contributed by atoms with E-state index in [2.05, 4.69) is 10.3 Å². The largest absolute Gasteiger partial charge is 0.350 e. The highest BCUT2D eigenvalue weighted by atomic mass is 16.2. The molecule has 1 aliphatic rings. The first-order valence-corrected chi connectivity index (χ1v) is 8.67. The summed E-state index contributed by atoms with van der Waals surface area (Å²) in [4.78, 5) is 42.4. The molecule has 3 rings (SSSR count). The fourth-order valence-electron chi connectivity index (χ4n) is 3.19. The van der Waals surface area contributed by atoms with Crippen LogP contribution in [0.1, 0.15) is 33.8 Å². The number of Topliss-reactive ketones (excluding diaryl/α,β-unsaturated/α-hetero) is 1. The zero-order chi connectivity index (χ0) is 18.7. The van der Waals surface area contributed by atoms with Gasteiger partial charge in [0.2, 0.25) is 0 Å². The molecule has 0 aliphatic carbocycles. The van der Waals surface area contributed by atoms with Gasteiger partial charge in [0.05, 0.1) is 18.2 Å². The molecule has 2 amide bonds. The number of amides is 2. The van der Waals surface area contributed by atoms with Gasteiger partial charge in [0.15, 0.2) is 0 Å². The van der Waals surface area contributed by atoms with Crippen LogP contribution < -0.4 is 5.32 Å². The van der Waals surface area contributed by atoms with E-state index in [1.165, 1.54) is 6.20 Å². The molecule has 26 heavy (non-hydrogen) atoms. The van der Waals surface area contributed by atoms with Gasteiger partial charge in [-0.15, -0.1) is 0 Å². The van der Waals surface area contributed by atoms with Crippen LogP contribution in [0.15, 0.2) is 30.9 Å². The average molecular weight is 357 g/mol. The number of imidazole rings is 1. The van der Waals surface area contributed by atoms with Gasteiger partial charge in [0.1, 0.15) is 5.69 Å². The number of nitrogens with zero attached hydrogens (tertiary/aromatic N) is 4. The zero-order valence-corrected chi connectivity index (χ0v) is 15.0. The fourth-order valence-corrected chi connectivity index (χ4v) is 3.19. The Hall–Kier alpha value is -2.90. The standard InChI is InChI=1S/C18H23N5O3/c1-21-7-3-4-14(21)16(24)18(26)23-8-5-13(6-9-23)10-20-17(25)15-11-19-12-22(15)2/h3-4,7,11-13H,5-6,8-10H2,1-2H3,(H,20,25). The topological polar surface area (TPSA) is 89.2 Å². The average Bonchev–Trinajstić information content (AvgIpc) is 3.27. The molecule has 0 spiro atoms. The van der Waals surface area contributed by atoms with E-state index in [1.54, 1.807) is 52.8 Å². The van der Waals surface area contributed by atoms with Crippen LogP contribution in [-0.4, -0.2) is 56.2 Å². The summed E-state index contributed by atoms with van der Waals surface area (Å²) in [6, 6.07) is 3.40. The molecular weight excluding hydrogens is 334 g/mol. The van der Waals surface area contributed by atoms with E-state index >= 15 is 0 Å². The number of hydrogen-bond acceptors (Lipinski definition) is 4. The van der Waals surface area contributed by atoms with Crippen molar-refractivity contribution in [2.45, 2.75) is 12.8 Å². The first-order valence-electron chi connectivity index (χ1n) is 8.67. The lowest BCUT2D eigenvalue weighted by Gasteiger charge is -2.31. The van der Waals surface area contributed by atoms with Crippen LogP contribution in [0.3, 0.4) is 0 Å². The number of aromatic nitrogens is 3. The summed E-state index contributed by atoms with van der Waals surface area (Å²) in [5.74, 6) is -0.784. The van der Waals surface area contributed by atoms with Crippen LogP contribution in [0.4, 0.5) is 0 Å². The van der Waals surface area contributed by atoms with Crippen molar-refractivity contribution in [2.75, 3.05) is 19.6 Å². The van der Waals surface area contributed by atoms with Crippen LogP contribution in [0, 0.1) is 5.92 Å². The Morgan fingerprint density at radius 1 is 1.15 bits per heavy atom. The highest BCUT2D eigenvalue weighted by molar-refractivity contribution is 6.42. The Labute approximate surface area is 151 Å². The molecule has 0 saturated carbocycles. The van der Waals surface area contributed by atoms with Crippen molar-refractivity contribution in [1.82, 2.24) is 24.3 Å². The summed E-state index contributed by atoms with van der Waals surface area (Å²) in [7, 11) is 3.52. The van der Waals surface area contributed by atoms with Crippen molar-refractivity contribution in [1.29, 1.82) is 0 Å². The number of hydrogen-bond donors (Lipinski definition) is 1. The van der Waals surface area contributed by atoms with Crippen molar-refractivity contribution in [3.8, 4) is 0 Å². The predicted molar refractivity (Wildman–Crippen MR) is 94.6 cm³/mol. The molecule has 138 valence electrons. The van der Waals surface area contributed by atoms with Gasteiger partial charge in [-0.1, -0.05) is 0 Å². The Bertz CT molecular complexity index is 814. The predicted octanol–water partition coefficient (Wildman–Crippen LogP) is 0.610. The molecule has 0 radical (unpaired) electrons. The molecule has 2 aromatic heterocycles. The molecule has 0 unspecified atom stereocenters. The fraction of sp³-hybridized carbons (Fsp3) is 0.444. The second-order valence-corrected chi connectivity index (χ2v) is 6.67.